The predicted molar refractivity (Wildman–Crippen MR) is 138 cm³/mol. The van der Waals surface area contributed by atoms with E-state index in [-0.39, 0.29) is 24.7 Å². The third-order valence-electron chi connectivity index (χ3n) is 7.11. The van der Waals surface area contributed by atoms with Gasteiger partial charge in [-0.2, -0.15) is 0 Å². The molecule has 0 saturated heterocycles. The van der Waals surface area contributed by atoms with E-state index in [2.05, 4.69) is 4.98 Å². The molecule has 0 amide bonds. The highest BCUT2D eigenvalue weighted by Gasteiger charge is 2.42. The van der Waals surface area contributed by atoms with Crippen molar-refractivity contribution in [1.82, 2.24) is 4.98 Å². The Morgan fingerprint density at radius 2 is 1.97 bits per heavy atom. The molecule has 0 aromatic carbocycles. The standard InChI is InChI=1S/C27H41NO6S/c1-16-8-7-9-20(14-29)10-11-22(17(2)12-21-15-35-19(4)28-21)34-24(31)13-23(30)27(5,6)26(33)18(3)25(16)32/h10,12,15-16,18,22-23,25,29-30,32H,7-9,11,13-14H2,1-6H3. The lowest BCUT2D eigenvalue weighted by atomic mass is 9.73. The summed E-state index contributed by atoms with van der Waals surface area (Å²) in [7, 11) is 0. The maximum absolute atomic E-state index is 13.2. The highest BCUT2D eigenvalue weighted by molar-refractivity contribution is 7.09. The fourth-order valence-corrected chi connectivity index (χ4v) is 5.03. The zero-order valence-corrected chi connectivity index (χ0v) is 22.6. The smallest absolute Gasteiger partial charge is 0.309 e. The number of aromatic nitrogens is 1. The fraction of sp³-hybridized carbons (Fsp3) is 0.667. The SMILES string of the molecule is CC(=Cc1csc(C)n1)C1CC=C(CO)CCCC(C)C(O)C(C)C(=O)C(C)(C)C(O)CC(=O)O1. The summed E-state index contributed by atoms with van der Waals surface area (Å²) in [6, 6.07) is 0. The van der Waals surface area contributed by atoms with Crippen molar-refractivity contribution in [3.8, 4) is 0 Å². The van der Waals surface area contributed by atoms with Crippen LogP contribution >= 0.6 is 11.3 Å². The van der Waals surface area contributed by atoms with Gasteiger partial charge >= 0.3 is 5.97 Å². The van der Waals surface area contributed by atoms with Crippen LogP contribution in [0.5, 0.6) is 0 Å². The molecule has 0 saturated carbocycles. The van der Waals surface area contributed by atoms with Crippen molar-refractivity contribution in [2.75, 3.05) is 6.61 Å². The first kappa shape index (κ1) is 29.4. The monoisotopic (exact) mass is 507 g/mol. The number of esters is 1. The zero-order chi connectivity index (χ0) is 26.3. The zero-order valence-electron chi connectivity index (χ0n) is 21.8. The van der Waals surface area contributed by atoms with Gasteiger partial charge in [-0.15, -0.1) is 11.3 Å². The van der Waals surface area contributed by atoms with Gasteiger partial charge in [-0.05, 0) is 56.3 Å². The van der Waals surface area contributed by atoms with Gasteiger partial charge in [0, 0.05) is 17.7 Å². The number of aliphatic hydroxyl groups is 3. The maximum atomic E-state index is 13.2. The van der Waals surface area contributed by atoms with E-state index in [1.807, 2.05) is 38.3 Å². The molecule has 1 aromatic heterocycles. The van der Waals surface area contributed by atoms with Crippen molar-refractivity contribution >= 4 is 29.2 Å². The van der Waals surface area contributed by atoms with E-state index in [1.54, 1.807) is 20.8 Å². The molecular formula is C27H41NO6S. The molecule has 1 aliphatic rings. The fourth-order valence-electron chi connectivity index (χ4n) is 4.46. The first-order chi connectivity index (χ1) is 16.4. The molecule has 5 unspecified atom stereocenters. The van der Waals surface area contributed by atoms with Crippen LogP contribution in [0.2, 0.25) is 0 Å². The molecule has 2 rings (SSSR count). The molecule has 0 radical (unpaired) electrons. The number of ketones is 1. The quantitative estimate of drug-likeness (QED) is 0.414. The minimum absolute atomic E-state index is 0.104. The van der Waals surface area contributed by atoms with Crippen molar-refractivity contribution < 1.29 is 29.6 Å². The van der Waals surface area contributed by atoms with Crippen LogP contribution in [0.4, 0.5) is 0 Å². The molecule has 3 N–H and O–H groups in total. The number of thiazole rings is 1. The van der Waals surface area contributed by atoms with Crippen molar-refractivity contribution in [1.29, 1.82) is 0 Å². The second-order valence-electron chi connectivity index (χ2n) is 10.4. The Balaban J connectivity index is 2.37. The number of nitrogens with zero attached hydrogens (tertiary/aromatic N) is 1. The first-order valence-electron chi connectivity index (χ1n) is 12.4. The molecule has 0 aliphatic carbocycles. The van der Waals surface area contributed by atoms with Gasteiger partial charge < -0.3 is 20.1 Å². The van der Waals surface area contributed by atoms with Crippen LogP contribution < -0.4 is 0 Å². The third-order valence-corrected chi connectivity index (χ3v) is 7.90. The number of carbonyl (C=O) groups is 2. The summed E-state index contributed by atoms with van der Waals surface area (Å²) in [4.78, 5) is 30.5. The Bertz CT molecular complexity index is 934. The van der Waals surface area contributed by atoms with Crippen molar-refractivity contribution in [2.24, 2.45) is 17.3 Å². The number of carbonyl (C=O) groups excluding carboxylic acids is 2. The second-order valence-corrected chi connectivity index (χ2v) is 11.4. The van der Waals surface area contributed by atoms with Gasteiger partial charge in [0.2, 0.25) is 0 Å². The number of aliphatic hydroxyl groups excluding tert-OH is 3. The molecule has 7 nitrogen and oxygen atoms in total. The van der Waals surface area contributed by atoms with Gasteiger partial charge in [-0.25, -0.2) is 4.98 Å². The molecule has 5 atom stereocenters. The van der Waals surface area contributed by atoms with E-state index in [0.717, 1.165) is 28.3 Å². The highest BCUT2D eigenvalue weighted by Crippen LogP contribution is 2.32. The molecule has 35 heavy (non-hydrogen) atoms. The summed E-state index contributed by atoms with van der Waals surface area (Å²) in [5.41, 5.74) is 1.20. The lowest BCUT2D eigenvalue weighted by Gasteiger charge is -2.34. The topological polar surface area (TPSA) is 117 Å². The van der Waals surface area contributed by atoms with Crippen LogP contribution in [-0.2, 0) is 14.3 Å². The highest BCUT2D eigenvalue weighted by atomic mass is 32.1. The van der Waals surface area contributed by atoms with E-state index in [1.165, 1.54) is 11.3 Å². The third kappa shape index (κ3) is 8.07. The van der Waals surface area contributed by atoms with Gasteiger partial charge in [0.25, 0.3) is 0 Å². The number of cyclic esters (lactones) is 1. The average Bonchev–Trinajstić information content (AvgIpc) is 3.21. The van der Waals surface area contributed by atoms with E-state index < -0.39 is 35.6 Å². The number of rotatable bonds is 3. The molecule has 8 heteroatoms. The Hall–Kier alpha value is -1.87. The summed E-state index contributed by atoms with van der Waals surface area (Å²) in [6.45, 7) is 10.5. The minimum atomic E-state index is -1.25. The number of hydrogen-bond acceptors (Lipinski definition) is 8. The van der Waals surface area contributed by atoms with Crippen LogP contribution in [-0.4, -0.2) is 57.0 Å². The average molecular weight is 508 g/mol. The summed E-state index contributed by atoms with van der Waals surface area (Å²) >= 11 is 1.53. The van der Waals surface area contributed by atoms with Gasteiger partial charge in [0.1, 0.15) is 11.9 Å². The number of Topliss-reactive ketones (excluding diaryl/α,β-unsaturated/α-hetero) is 1. The molecule has 1 aromatic rings. The second kappa shape index (κ2) is 12.9. The predicted octanol–water partition coefficient (Wildman–Crippen LogP) is 4.24. The Kier molecular flexibility index (Phi) is 10.8. The Morgan fingerprint density at radius 3 is 2.57 bits per heavy atom. The summed E-state index contributed by atoms with van der Waals surface area (Å²) in [5.74, 6) is -1.71. The van der Waals surface area contributed by atoms with Crippen molar-refractivity contribution in [3.63, 3.8) is 0 Å². The number of aryl methyl sites for hydroxylation is 1. The molecule has 0 bridgehead atoms. The normalized spacial score (nSPS) is 30.0. The van der Waals surface area contributed by atoms with Crippen LogP contribution in [0.15, 0.2) is 22.6 Å². The molecular weight excluding hydrogens is 466 g/mol. The minimum Gasteiger partial charge on any atom is -0.457 e. The molecule has 196 valence electrons. The van der Waals surface area contributed by atoms with Crippen LogP contribution in [0.25, 0.3) is 6.08 Å². The van der Waals surface area contributed by atoms with Gasteiger partial charge in [0.05, 0.1) is 41.4 Å². The van der Waals surface area contributed by atoms with E-state index in [0.29, 0.717) is 19.3 Å². The van der Waals surface area contributed by atoms with Crippen LogP contribution in [0.3, 0.4) is 0 Å². The lowest BCUT2D eigenvalue weighted by Crippen LogP contribution is -2.45. The van der Waals surface area contributed by atoms with E-state index >= 15 is 0 Å². The van der Waals surface area contributed by atoms with Gasteiger partial charge in [0.15, 0.2) is 0 Å². The summed E-state index contributed by atoms with van der Waals surface area (Å²) in [5, 5.41) is 34.3. The molecule has 1 aliphatic heterocycles. The van der Waals surface area contributed by atoms with Crippen LogP contribution in [0.1, 0.15) is 77.4 Å². The molecule has 0 fully saturated rings. The first-order valence-corrected chi connectivity index (χ1v) is 13.2. The van der Waals surface area contributed by atoms with E-state index in [4.69, 9.17) is 4.74 Å². The lowest BCUT2D eigenvalue weighted by molar-refractivity contribution is -0.154. The van der Waals surface area contributed by atoms with E-state index in [9.17, 15) is 24.9 Å². The Labute approximate surface area is 212 Å². The van der Waals surface area contributed by atoms with Crippen LogP contribution in [0, 0.1) is 24.2 Å². The molecule has 2 heterocycles. The summed E-state index contributed by atoms with van der Waals surface area (Å²) in [6.07, 6.45) is 3.20. The number of hydrogen-bond donors (Lipinski definition) is 3. The van der Waals surface area contributed by atoms with Crippen molar-refractivity contribution in [3.05, 3.63) is 33.3 Å². The van der Waals surface area contributed by atoms with Gasteiger partial charge in [-0.1, -0.05) is 33.8 Å². The molecule has 0 spiro atoms. The van der Waals surface area contributed by atoms with Gasteiger partial charge in [-0.3, -0.25) is 9.59 Å². The number of ether oxygens (including phenoxy) is 1. The Morgan fingerprint density at radius 1 is 1.29 bits per heavy atom. The van der Waals surface area contributed by atoms with Crippen molar-refractivity contribution in [2.45, 2.75) is 92.0 Å². The largest absolute Gasteiger partial charge is 0.457 e. The summed E-state index contributed by atoms with van der Waals surface area (Å²) < 4.78 is 5.77. The maximum Gasteiger partial charge on any atom is 0.309 e.